The Hall–Kier alpha value is -3.88. The van der Waals surface area contributed by atoms with E-state index in [2.05, 4.69) is 10.6 Å². The molecule has 0 aliphatic heterocycles. The highest BCUT2D eigenvalue weighted by Crippen LogP contribution is 2.23. The Morgan fingerprint density at radius 2 is 1.42 bits per heavy atom. The number of carbonyl (C=O) groups is 4. The monoisotopic (exact) mass is 498 g/mol. The molecule has 1 atom stereocenters. The summed E-state index contributed by atoms with van der Waals surface area (Å²) in [5.41, 5.74) is 6.45. The molecule has 4 amide bonds. The van der Waals surface area contributed by atoms with Crippen molar-refractivity contribution in [3.63, 3.8) is 0 Å². The molecule has 1 unspecified atom stereocenters. The van der Waals surface area contributed by atoms with Crippen molar-refractivity contribution >= 4 is 35.7 Å². The van der Waals surface area contributed by atoms with Gasteiger partial charge in [-0.05, 0) is 76.9 Å². The second-order valence-electron chi connectivity index (χ2n) is 9.75. The van der Waals surface area contributed by atoms with Crippen LogP contribution in [0.15, 0.2) is 54.6 Å². The van der Waals surface area contributed by atoms with Gasteiger partial charge in [0.05, 0.1) is 0 Å². The maximum absolute atomic E-state index is 11.9. The smallest absolute Gasteiger partial charge is 0.408 e. The van der Waals surface area contributed by atoms with E-state index < -0.39 is 23.6 Å². The van der Waals surface area contributed by atoms with Crippen LogP contribution in [0.4, 0.5) is 16.2 Å². The van der Waals surface area contributed by atoms with E-state index in [1.807, 2.05) is 58.0 Å². The molecule has 9 heteroatoms. The molecule has 4 N–H and O–H groups in total. The minimum atomic E-state index is -0.581. The van der Waals surface area contributed by atoms with Gasteiger partial charge >= 0.3 is 6.09 Å². The highest BCUT2D eigenvalue weighted by atomic mass is 16.6. The molecular formula is C27H38N4O5. The molecular weight excluding hydrogens is 460 g/mol. The van der Waals surface area contributed by atoms with Gasteiger partial charge in [0, 0.05) is 23.0 Å². The predicted octanol–water partition coefficient (Wildman–Crippen LogP) is 4.14. The Kier molecular flexibility index (Phi) is 11.6. The van der Waals surface area contributed by atoms with E-state index >= 15 is 0 Å². The molecule has 0 aliphatic carbocycles. The van der Waals surface area contributed by atoms with Gasteiger partial charge in [-0.3, -0.25) is 19.3 Å². The lowest BCUT2D eigenvalue weighted by Gasteiger charge is -2.25. The number of alkyl carbamates (subject to hydrolysis) is 1. The second-order valence-corrected chi connectivity index (χ2v) is 9.75. The summed E-state index contributed by atoms with van der Waals surface area (Å²) in [5, 5.41) is 5.39. The Morgan fingerprint density at radius 1 is 0.889 bits per heavy atom. The van der Waals surface area contributed by atoms with Crippen LogP contribution in [0.25, 0.3) is 0 Å². The van der Waals surface area contributed by atoms with Crippen molar-refractivity contribution < 1.29 is 23.9 Å². The van der Waals surface area contributed by atoms with Crippen molar-refractivity contribution in [2.45, 2.75) is 66.2 Å². The lowest BCUT2D eigenvalue weighted by Crippen LogP contribution is -2.52. The lowest BCUT2D eigenvalue weighted by atomic mass is 10.0. The summed E-state index contributed by atoms with van der Waals surface area (Å²) in [7, 11) is 0. The molecule has 0 aliphatic rings. The van der Waals surface area contributed by atoms with E-state index in [9.17, 15) is 19.2 Å². The standard InChI is InChI=1S/C14H12N2O2.C13H26N2O3/c15-14(18)11-6-8-13(9-7-11)16(10-17)12-4-2-1-3-5-12;1-8(2)10(11(16)14-9(3)4)15-12(17)18-13(5,6)7/h1-10H,(H2,15,18);8-10H,1-7H3,(H,14,16)(H,15,17). The van der Waals surface area contributed by atoms with Crippen LogP contribution in [0.2, 0.25) is 0 Å². The molecule has 9 nitrogen and oxygen atoms in total. The predicted molar refractivity (Wildman–Crippen MR) is 141 cm³/mol. The molecule has 0 saturated heterocycles. The van der Waals surface area contributed by atoms with Crippen molar-refractivity contribution in [3.8, 4) is 0 Å². The van der Waals surface area contributed by atoms with E-state index in [0.717, 1.165) is 12.1 Å². The fraction of sp³-hybridized carbons (Fsp3) is 0.407. The van der Waals surface area contributed by atoms with Crippen molar-refractivity contribution in [3.05, 3.63) is 60.2 Å². The molecule has 0 aromatic heterocycles. The third kappa shape index (κ3) is 10.6. The number of carbonyl (C=O) groups excluding carboxylic acids is 4. The Balaban J connectivity index is 0.000000360. The topological polar surface area (TPSA) is 131 Å². The van der Waals surface area contributed by atoms with E-state index in [-0.39, 0.29) is 17.9 Å². The fourth-order valence-electron chi connectivity index (χ4n) is 2.99. The zero-order chi connectivity index (χ0) is 27.5. The summed E-state index contributed by atoms with van der Waals surface area (Å²) in [6.07, 6.45) is 0.161. The highest BCUT2D eigenvalue weighted by molar-refractivity contribution is 5.94. The van der Waals surface area contributed by atoms with Gasteiger partial charge in [-0.15, -0.1) is 0 Å². The maximum Gasteiger partial charge on any atom is 0.408 e. The first-order chi connectivity index (χ1) is 16.7. The number of para-hydroxylation sites is 1. The van der Waals surface area contributed by atoms with Gasteiger partial charge in [0.1, 0.15) is 11.6 Å². The quantitative estimate of drug-likeness (QED) is 0.471. The molecule has 2 rings (SSSR count). The lowest BCUT2D eigenvalue weighted by molar-refractivity contribution is -0.124. The van der Waals surface area contributed by atoms with Crippen LogP contribution in [0, 0.1) is 5.92 Å². The zero-order valence-electron chi connectivity index (χ0n) is 22.1. The number of anilines is 2. The SMILES string of the molecule is CC(C)NC(=O)C(NC(=O)OC(C)(C)C)C(C)C.NC(=O)c1ccc(N(C=O)c2ccccc2)cc1. The zero-order valence-corrected chi connectivity index (χ0v) is 22.1. The van der Waals surface area contributed by atoms with Crippen molar-refractivity contribution in [2.24, 2.45) is 11.7 Å². The second kappa shape index (κ2) is 13.9. The average Bonchev–Trinajstić information content (AvgIpc) is 2.77. The average molecular weight is 499 g/mol. The summed E-state index contributed by atoms with van der Waals surface area (Å²) < 4.78 is 5.14. The first-order valence-corrected chi connectivity index (χ1v) is 11.7. The van der Waals surface area contributed by atoms with Gasteiger partial charge in [-0.2, -0.15) is 0 Å². The fourth-order valence-corrected chi connectivity index (χ4v) is 2.99. The van der Waals surface area contributed by atoms with E-state index in [1.165, 1.54) is 4.90 Å². The summed E-state index contributed by atoms with van der Waals surface area (Å²) in [6, 6.07) is 15.3. The Bertz CT molecular complexity index is 999. The third-order valence-corrected chi connectivity index (χ3v) is 4.62. The molecule has 0 heterocycles. The first kappa shape index (κ1) is 30.2. The molecule has 0 fully saturated rings. The highest BCUT2D eigenvalue weighted by Gasteiger charge is 2.27. The molecule has 0 saturated carbocycles. The van der Waals surface area contributed by atoms with Crippen LogP contribution < -0.4 is 21.3 Å². The third-order valence-electron chi connectivity index (χ3n) is 4.62. The Labute approximate surface area is 213 Å². The van der Waals surface area contributed by atoms with E-state index in [4.69, 9.17) is 10.5 Å². The van der Waals surface area contributed by atoms with E-state index in [1.54, 1.807) is 45.0 Å². The van der Waals surface area contributed by atoms with Crippen LogP contribution in [0.1, 0.15) is 58.8 Å². The van der Waals surface area contributed by atoms with E-state index in [0.29, 0.717) is 11.3 Å². The molecule has 0 spiro atoms. The van der Waals surface area contributed by atoms with Gasteiger partial charge < -0.3 is 21.1 Å². The first-order valence-electron chi connectivity index (χ1n) is 11.7. The summed E-state index contributed by atoms with van der Waals surface area (Å²) >= 11 is 0. The molecule has 2 aromatic rings. The van der Waals surface area contributed by atoms with Crippen molar-refractivity contribution in [1.82, 2.24) is 10.6 Å². The number of primary amides is 1. The molecule has 36 heavy (non-hydrogen) atoms. The van der Waals surface area contributed by atoms with Crippen LogP contribution in [-0.4, -0.2) is 42.0 Å². The number of hydrogen-bond acceptors (Lipinski definition) is 5. The minimum absolute atomic E-state index is 0.00346. The summed E-state index contributed by atoms with van der Waals surface area (Å²) in [4.78, 5) is 47.2. The number of nitrogens with two attached hydrogens (primary N) is 1. The number of hydrogen-bond donors (Lipinski definition) is 3. The normalized spacial score (nSPS) is 11.6. The molecule has 0 radical (unpaired) electrons. The van der Waals surface area contributed by atoms with Gasteiger partial charge in [-0.1, -0.05) is 32.0 Å². The number of benzene rings is 2. The number of rotatable bonds is 8. The maximum atomic E-state index is 11.9. The van der Waals surface area contributed by atoms with Crippen LogP contribution in [-0.2, 0) is 14.3 Å². The summed E-state index contributed by atoms with van der Waals surface area (Å²) in [6.45, 7) is 12.9. The van der Waals surface area contributed by atoms with Gasteiger partial charge in [0.25, 0.3) is 0 Å². The minimum Gasteiger partial charge on any atom is -0.444 e. The van der Waals surface area contributed by atoms with Crippen molar-refractivity contribution in [2.75, 3.05) is 4.90 Å². The largest absolute Gasteiger partial charge is 0.444 e. The van der Waals surface area contributed by atoms with Crippen LogP contribution >= 0.6 is 0 Å². The molecule has 0 bridgehead atoms. The van der Waals surface area contributed by atoms with Gasteiger partial charge in [0.15, 0.2) is 0 Å². The summed E-state index contributed by atoms with van der Waals surface area (Å²) in [5.74, 6) is -0.680. The van der Waals surface area contributed by atoms with Gasteiger partial charge in [0.2, 0.25) is 18.2 Å². The number of ether oxygens (including phenoxy) is 1. The number of nitrogens with one attached hydrogen (secondary N) is 2. The van der Waals surface area contributed by atoms with Crippen LogP contribution in [0.5, 0.6) is 0 Å². The number of nitrogens with zero attached hydrogens (tertiary/aromatic N) is 1. The Morgan fingerprint density at radius 3 is 1.83 bits per heavy atom. The van der Waals surface area contributed by atoms with Crippen LogP contribution in [0.3, 0.4) is 0 Å². The molecule has 2 aromatic carbocycles. The van der Waals surface area contributed by atoms with Crippen molar-refractivity contribution in [1.29, 1.82) is 0 Å². The number of amides is 4. The van der Waals surface area contributed by atoms with Gasteiger partial charge in [-0.25, -0.2) is 4.79 Å². The molecule has 196 valence electrons.